The van der Waals surface area contributed by atoms with Gasteiger partial charge in [-0.15, -0.1) is 6.58 Å². The van der Waals surface area contributed by atoms with E-state index in [1.165, 1.54) is 6.08 Å². The summed E-state index contributed by atoms with van der Waals surface area (Å²) in [6.45, 7) is 3.36. The van der Waals surface area contributed by atoms with Crippen molar-refractivity contribution in [2.45, 2.75) is 24.9 Å². The number of rotatable bonds is 4. The highest BCUT2D eigenvalue weighted by atomic mass is 16.7. The Kier molecular flexibility index (Phi) is 3.52. The van der Waals surface area contributed by atoms with Crippen LogP contribution in [0, 0.1) is 0 Å². The molecule has 0 aromatic rings. The molecule has 0 saturated carbocycles. The molecular weight excluding hydrogens is 136 g/mol. The van der Waals surface area contributed by atoms with Crippen molar-refractivity contribution in [3.05, 3.63) is 12.7 Å². The lowest BCUT2D eigenvalue weighted by Crippen LogP contribution is -2.41. The smallest absolute Gasteiger partial charge is 0.302 e. The van der Waals surface area contributed by atoms with Gasteiger partial charge in [0.2, 0.25) is 0 Å². The van der Waals surface area contributed by atoms with Gasteiger partial charge in [0.1, 0.15) is 6.10 Å². The summed E-state index contributed by atoms with van der Waals surface area (Å²) in [6.07, 6.45) is 0.470. The van der Waals surface area contributed by atoms with E-state index in [1.54, 1.807) is 0 Å². The van der Waals surface area contributed by atoms with E-state index in [0.717, 1.165) is 0 Å². The second kappa shape index (κ2) is 3.68. The number of aliphatic hydroxyl groups is 4. The molecule has 4 N–H and O–H groups in total. The first-order valence-corrected chi connectivity index (χ1v) is 2.94. The van der Waals surface area contributed by atoms with Gasteiger partial charge >= 0.3 is 5.97 Å². The standard InChI is InChI=1S/C6H12O4/c1-2-3-4-5(7)6(8,9)10/h2,5,7-10H,1,3-4H2. The van der Waals surface area contributed by atoms with Crippen LogP contribution in [0.5, 0.6) is 0 Å². The van der Waals surface area contributed by atoms with Crippen LogP contribution in [0.3, 0.4) is 0 Å². The summed E-state index contributed by atoms with van der Waals surface area (Å²) in [6, 6.07) is 0. The number of aliphatic hydroxyl groups excluding tert-OH is 1. The largest absolute Gasteiger partial charge is 0.385 e. The lowest BCUT2D eigenvalue weighted by molar-refractivity contribution is -0.355. The molecule has 0 spiro atoms. The van der Waals surface area contributed by atoms with Crippen LogP contribution in [0.1, 0.15) is 12.8 Å². The van der Waals surface area contributed by atoms with Gasteiger partial charge in [-0.05, 0) is 12.8 Å². The van der Waals surface area contributed by atoms with E-state index in [1.807, 2.05) is 0 Å². The third kappa shape index (κ3) is 3.58. The van der Waals surface area contributed by atoms with Crippen LogP contribution in [0.4, 0.5) is 0 Å². The molecule has 10 heavy (non-hydrogen) atoms. The predicted molar refractivity (Wildman–Crippen MR) is 34.8 cm³/mol. The monoisotopic (exact) mass is 148 g/mol. The summed E-state index contributed by atoms with van der Waals surface area (Å²) < 4.78 is 0. The van der Waals surface area contributed by atoms with E-state index >= 15 is 0 Å². The molecule has 4 nitrogen and oxygen atoms in total. The van der Waals surface area contributed by atoms with Crippen molar-refractivity contribution in [3.8, 4) is 0 Å². The molecule has 4 heteroatoms. The van der Waals surface area contributed by atoms with Gasteiger partial charge in [-0.1, -0.05) is 6.08 Å². The average Bonchev–Trinajstić information content (AvgIpc) is 1.80. The highest BCUT2D eigenvalue weighted by Gasteiger charge is 2.28. The quantitative estimate of drug-likeness (QED) is 0.303. The first-order chi connectivity index (χ1) is 4.48. The van der Waals surface area contributed by atoms with Crippen LogP contribution in [-0.4, -0.2) is 32.5 Å². The SMILES string of the molecule is C=CCCC(O)C(O)(O)O. The third-order valence-electron chi connectivity index (χ3n) is 1.09. The second-order valence-corrected chi connectivity index (χ2v) is 2.07. The maximum Gasteiger partial charge on any atom is 0.302 e. The highest BCUT2D eigenvalue weighted by molar-refractivity contribution is 4.71. The molecule has 60 valence electrons. The molecule has 0 radical (unpaired) electrons. The minimum atomic E-state index is -2.98. The summed E-state index contributed by atoms with van der Waals surface area (Å²) in [5.41, 5.74) is 0. The van der Waals surface area contributed by atoms with Gasteiger partial charge in [0, 0.05) is 0 Å². The van der Waals surface area contributed by atoms with Gasteiger partial charge in [-0.2, -0.15) is 0 Å². The highest BCUT2D eigenvalue weighted by Crippen LogP contribution is 2.08. The molecule has 0 rings (SSSR count). The fourth-order valence-corrected chi connectivity index (χ4v) is 0.469. The minimum Gasteiger partial charge on any atom is -0.385 e. The van der Waals surface area contributed by atoms with Gasteiger partial charge in [-0.3, -0.25) is 0 Å². The normalized spacial score (nSPS) is 14.8. The Bertz CT molecular complexity index is 105. The second-order valence-electron chi connectivity index (χ2n) is 2.07. The molecule has 0 fully saturated rings. The first-order valence-electron chi connectivity index (χ1n) is 2.94. The molecule has 0 aliphatic carbocycles. The van der Waals surface area contributed by atoms with Gasteiger partial charge < -0.3 is 20.4 Å². The Morgan fingerprint density at radius 2 is 1.90 bits per heavy atom. The van der Waals surface area contributed by atoms with E-state index in [-0.39, 0.29) is 6.42 Å². The van der Waals surface area contributed by atoms with Crippen molar-refractivity contribution in [1.29, 1.82) is 0 Å². The van der Waals surface area contributed by atoms with Crippen molar-refractivity contribution in [1.82, 2.24) is 0 Å². The zero-order valence-electron chi connectivity index (χ0n) is 5.56. The Morgan fingerprint density at radius 3 is 2.20 bits per heavy atom. The van der Waals surface area contributed by atoms with E-state index < -0.39 is 12.1 Å². The summed E-state index contributed by atoms with van der Waals surface area (Å²) in [5, 5.41) is 33.7. The molecule has 0 aromatic heterocycles. The molecule has 0 aromatic carbocycles. The maximum atomic E-state index is 8.72. The summed E-state index contributed by atoms with van der Waals surface area (Å²) >= 11 is 0. The van der Waals surface area contributed by atoms with Crippen LogP contribution in [-0.2, 0) is 0 Å². The molecule has 0 heterocycles. The lowest BCUT2D eigenvalue weighted by atomic mass is 10.1. The fourth-order valence-electron chi connectivity index (χ4n) is 0.469. The van der Waals surface area contributed by atoms with E-state index in [9.17, 15) is 0 Å². The molecule has 0 bridgehead atoms. The number of hydrogen-bond donors (Lipinski definition) is 4. The van der Waals surface area contributed by atoms with Crippen LogP contribution in [0.25, 0.3) is 0 Å². The van der Waals surface area contributed by atoms with Gasteiger partial charge in [0.25, 0.3) is 0 Å². The van der Waals surface area contributed by atoms with E-state index in [4.69, 9.17) is 20.4 Å². The van der Waals surface area contributed by atoms with Crippen molar-refractivity contribution in [3.63, 3.8) is 0 Å². The van der Waals surface area contributed by atoms with Gasteiger partial charge in [-0.25, -0.2) is 0 Å². The van der Waals surface area contributed by atoms with Crippen LogP contribution < -0.4 is 0 Å². The topological polar surface area (TPSA) is 80.9 Å². The van der Waals surface area contributed by atoms with Crippen LogP contribution >= 0.6 is 0 Å². The third-order valence-corrected chi connectivity index (χ3v) is 1.09. The Balaban J connectivity index is 3.61. The molecule has 0 saturated heterocycles. The lowest BCUT2D eigenvalue weighted by Gasteiger charge is -2.19. The predicted octanol–water partition coefficient (Wildman–Crippen LogP) is -1.06. The number of allylic oxidation sites excluding steroid dienone is 1. The Hall–Kier alpha value is -0.420. The zero-order valence-corrected chi connectivity index (χ0v) is 5.56. The minimum absolute atomic E-state index is 0.0764. The van der Waals surface area contributed by atoms with Crippen LogP contribution in [0.15, 0.2) is 12.7 Å². The Morgan fingerprint density at radius 1 is 1.40 bits per heavy atom. The van der Waals surface area contributed by atoms with Crippen molar-refractivity contribution in [2.75, 3.05) is 0 Å². The maximum absolute atomic E-state index is 8.72. The molecule has 0 aliphatic rings. The van der Waals surface area contributed by atoms with Crippen molar-refractivity contribution in [2.24, 2.45) is 0 Å². The summed E-state index contributed by atoms with van der Waals surface area (Å²) in [4.78, 5) is 0. The van der Waals surface area contributed by atoms with E-state index in [0.29, 0.717) is 6.42 Å². The van der Waals surface area contributed by atoms with Crippen molar-refractivity contribution >= 4 is 0 Å². The molecular formula is C6H12O4. The molecule has 1 unspecified atom stereocenters. The van der Waals surface area contributed by atoms with E-state index in [2.05, 4.69) is 6.58 Å². The number of hydrogen-bond acceptors (Lipinski definition) is 4. The first kappa shape index (κ1) is 9.58. The zero-order chi connectivity index (χ0) is 8.20. The fraction of sp³-hybridized carbons (Fsp3) is 0.667. The van der Waals surface area contributed by atoms with Crippen LogP contribution in [0.2, 0.25) is 0 Å². The van der Waals surface area contributed by atoms with Gasteiger partial charge in [0.05, 0.1) is 0 Å². The van der Waals surface area contributed by atoms with Gasteiger partial charge in [0.15, 0.2) is 0 Å². The average molecular weight is 148 g/mol. The summed E-state index contributed by atoms with van der Waals surface area (Å²) in [7, 11) is 0. The molecule has 0 aliphatic heterocycles. The van der Waals surface area contributed by atoms with Crippen molar-refractivity contribution < 1.29 is 20.4 Å². The Labute approximate surface area is 59.1 Å². The molecule has 0 amide bonds. The summed E-state index contributed by atoms with van der Waals surface area (Å²) in [5.74, 6) is -2.98. The molecule has 1 atom stereocenters.